The summed E-state index contributed by atoms with van der Waals surface area (Å²) in [5.41, 5.74) is 3.63. The molecule has 3 rings (SSSR count). The van der Waals surface area contributed by atoms with Crippen molar-refractivity contribution in [3.05, 3.63) is 53.6 Å². The van der Waals surface area contributed by atoms with Gasteiger partial charge in [-0.25, -0.2) is 0 Å². The SMILES string of the molecule is Cc1ccccc1C(C)Nc1ccc2c(c1)OC(C)(C)O2. The Morgan fingerprint density at radius 3 is 2.48 bits per heavy atom. The highest BCUT2D eigenvalue weighted by Gasteiger charge is 2.31. The van der Waals surface area contributed by atoms with Gasteiger partial charge in [0.2, 0.25) is 5.79 Å². The average Bonchev–Trinajstić information content (AvgIpc) is 2.72. The molecule has 0 aliphatic carbocycles. The van der Waals surface area contributed by atoms with Crippen LogP contribution >= 0.6 is 0 Å². The summed E-state index contributed by atoms with van der Waals surface area (Å²) in [7, 11) is 0. The molecule has 1 unspecified atom stereocenters. The lowest BCUT2D eigenvalue weighted by Crippen LogP contribution is -2.29. The number of nitrogens with one attached hydrogen (secondary N) is 1. The third-order valence-corrected chi connectivity index (χ3v) is 3.69. The first-order valence-corrected chi connectivity index (χ1v) is 7.29. The summed E-state index contributed by atoms with van der Waals surface area (Å²) in [6.07, 6.45) is 0. The molecular formula is C18H21NO2. The van der Waals surface area contributed by atoms with Crippen LogP contribution in [0, 0.1) is 6.92 Å². The molecule has 2 aromatic rings. The zero-order valence-electron chi connectivity index (χ0n) is 12.9. The zero-order chi connectivity index (χ0) is 15.0. The maximum Gasteiger partial charge on any atom is 0.246 e. The molecule has 110 valence electrons. The predicted molar refractivity (Wildman–Crippen MR) is 85.0 cm³/mol. The van der Waals surface area contributed by atoms with Gasteiger partial charge in [0, 0.05) is 31.6 Å². The number of anilines is 1. The summed E-state index contributed by atoms with van der Waals surface area (Å²) in [5, 5.41) is 3.52. The number of hydrogen-bond acceptors (Lipinski definition) is 3. The minimum atomic E-state index is -0.581. The Morgan fingerprint density at radius 1 is 1.00 bits per heavy atom. The Bertz CT molecular complexity index is 664. The van der Waals surface area contributed by atoms with E-state index < -0.39 is 5.79 Å². The van der Waals surface area contributed by atoms with E-state index in [-0.39, 0.29) is 6.04 Å². The summed E-state index contributed by atoms with van der Waals surface area (Å²) >= 11 is 0. The Balaban J connectivity index is 1.79. The molecule has 1 aliphatic rings. The fourth-order valence-electron chi connectivity index (χ4n) is 2.71. The molecule has 0 amide bonds. The minimum absolute atomic E-state index is 0.236. The fourth-order valence-corrected chi connectivity index (χ4v) is 2.71. The monoisotopic (exact) mass is 283 g/mol. The summed E-state index contributed by atoms with van der Waals surface area (Å²) in [4.78, 5) is 0. The van der Waals surface area contributed by atoms with Crippen LogP contribution in [0.4, 0.5) is 5.69 Å². The van der Waals surface area contributed by atoms with Crippen LogP contribution in [0.2, 0.25) is 0 Å². The van der Waals surface area contributed by atoms with Crippen molar-refractivity contribution in [1.29, 1.82) is 0 Å². The number of hydrogen-bond donors (Lipinski definition) is 1. The minimum Gasteiger partial charge on any atom is -0.449 e. The van der Waals surface area contributed by atoms with E-state index in [1.165, 1.54) is 11.1 Å². The first-order chi connectivity index (χ1) is 9.94. The molecule has 1 N–H and O–H groups in total. The van der Waals surface area contributed by atoms with Gasteiger partial charge in [-0.2, -0.15) is 0 Å². The lowest BCUT2D eigenvalue weighted by Gasteiger charge is -2.18. The normalized spacial score (nSPS) is 16.6. The second kappa shape index (κ2) is 4.99. The Hall–Kier alpha value is -2.16. The molecule has 0 aromatic heterocycles. The van der Waals surface area contributed by atoms with Gasteiger partial charge in [0.25, 0.3) is 0 Å². The lowest BCUT2D eigenvalue weighted by molar-refractivity contribution is -0.0431. The highest BCUT2D eigenvalue weighted by atomic mass is 16.7. The van der Waals surface area contributed by atoms with E-state index >= 15 is 0 Å². The molecule has 2 aromatic carbocycles. The van der Waals surface area contributed by atoms with Crippen LogP contribution in [0.3, 0.4) is 0 Å². The molecule has 21 heavy (non-hydrogen) atoms. The third-order valence-electron chi connectivity index (χ3n) is 3.69. The predicted octanol–water partition coefficient (Wildman–Crippen LogP) is 4.68. The summed E-state index contributed by atoms with van der Waals surface area (Å²) in [6, 6.07) is 14.6. The van der Waals surface area contributed by atoms with Crippen molar-refractivity contribution in [3.8, 4) is 11.5 Å². The molecular weight excluding hydrogens is 262 g/mol. The molecule has 0 radical (unpaired) electrons. The Morgan fingerprint density at radius 2 is 1.71 bits per heavy atom. The van der Waals surface area contributed by atoms with E-state index in [0.29, 0.717) is 0 Å². The zero-order valence-corrected chi connectivity index (χ0v) is 12.9. The first-order valence-electron chi connectivity index (χ1n) is 7.29. The molecule has 0 fully saturated rings. The van der Waals surface area contributed by atoms with Crippen LogP contribution in [0.25, 0.3) is 0 Å². The van der Waals surface area contributed by atoms with E-state index in [1.807, 2.05) is 32.0 Å². The maximum absolute atomic E-state index is 5.78. The number of aryl methyl sites for hydroxylation is 1. The van der Waals surface area contributed by atoms with Crippen molar-refractivity contribution < 1.29 is 9.47 Å². The van der Waals surface area contributed by atoms with Crippen molar-refractivity contribution in [1.82, 2.24) is 0 Å². The molecule has 0 spiro atoms. The maximum atomic E-state index is 5.78. The van der Waals surface area contributed by atoms with Crippen LogP contribution in [-0.4, -0.2) is 5.79 Å². The van der Waals surface area contributed by atoms with Crippen molar-refractivity contribution in [3.63, 3.8) is 0 Å². The third kappa shape index (κ3) is 2.82. The molecule has 1 heterocycles. The van der Waals surface area contributed by atoms with E-state index in [9.17, 15) is 0 Å². The second-order valence-electron chi connectivity index (χ2n) is 5.99. The molecule has 3 heteroatoms. The molecule has 1 aliphatic heterocycles. The van der Waals surface area contributed by atoms with Crippen molar-refractivity contribution >= 4 is 5.69 Å². The second-order valence-corrected chi connectivity index (χ2v) is 5.99. The number of fused-ring (bicyclic) bond motifs is 1. The molecule has 3 nitrogen and oxygen atoms in total. The first kappa shape index (κ1) is 13.8. The molecule has 1 atom stereocenters. The van der Waals surface area contributed by atoms with Crippen molar-refractivity contribution in [2.24, 2.45) is 0 Å². The van der Waals surface area contributed by atoms with Gasteiger partial charge in [0.1, 0.15) is 0 Å². The highest BCUT2D eigenvalue weighted by Crippen LogP contribution is 2.41. The van der Waals surface area contributed by atoms with Gasteiger partial charge in [-0.3, -0.25) is 0 Å². The number of benzene rings is 2. The summed E-state index contributed by atoms with van der Waals surface area (Å²) < 4.78 is 11.5. The Kier molecular flexibility index (Phi) is 3.28. The van der Waals surface area contributed by atoms with Crippen molar-refractivity contribution in [2.45, 2.75) is 39.5 Å². The van der Waals surface area contributed by atoms with Gasteiger partial charge in [0.15, 0.2) is 11.5 Å². The van der Waals surface area contributed by atoms with Gasteiger partial charge < -0.3 is 14.8 Å². The van der Waals surface area contributed by atoms with Crippen LogP contribution in [0.5, 0.6) is 11.5 Å². The molecule has 0 saturated carbocycles. The number of ether oxygens (including phenoxy) is 2. The number of rotatable bonds is 3. The standard InChI is InChI=1S/C18H21NO2/c1-12-7-5-6-8-15(12)13(2)19-14-9-10-16-17(11-14)21-18(3,4)20-16/h5-11,13,19H,1-4H3. The van der Waals surface area contributed by atoms with Crippen LogP contribution in [0.1, 0.15) is 37.9 Å². The smallest absolute Gasteiger partial charge is 0.246 e. The van der Waals surface area contributed by atoms with Crippen LogP contribution < -0.4 is 14.8 Å². The molecule has 0 bridgehead atoms. The Labute approximate surface area is 125 Å². The fraction of sp³-hybridized carbons (Fsp3) is 0.333. The van der Waals surface area contributed by atoms with E-state index in [0.717, 1.165) is 17.2 Å². The van der Waals surface area contributed by atoms with E-state index in [1.54, 1.807) is 0 Å². The highest BCUT2D eigenvalue weighted by molar-refractivity contribution is 5.57. The largest absolute Gasteiger partial charge is 0.449 e. The van der Waals surface area contributed by atoms with Gasteiger partial charge in [-0.1, -0.05) is 24.3 Å². The topological polar surface area (TPSA) is 30.5 Å². The summed E-state index contributed by atoms with van der Waals surface area (Å²) in [6.45, 7) is 8.12. The van der Waals surface area contributed by atoms with E-state index in [2.05, 4.69) is 43.4 Å². The van der Waals surface area contributed by atoms with Crippen LogP contribution in [-0.2, 0) is 0 Å². The van der Waals surface area contributed by atoms with Gasteiger partial charge >= 0.3 is 0 Å². The quantitative estimate of drug-likeness (QED) is 0.887. The average molecular weight is 283 g/mol. The van der Waals surface area contributed by atoms with Gasteiger partial charge in [-0.15, -0.1) is 0 Å². The summed E-state index contributed by atoms with van der Waals surface area (Å²) in [5.74, 6) is 1.01. The van der Waals surface area contributed by atoms with Gasteiger partial charge in [0.05, 0.1) is 0 Å². The van der Waals surface area contributed by atoms with Crippen molar-refractivity contribution in [2.75, 3.05) is 5.32 Å². The van der Waals surface area contributed by atoms with E-state index in [4.69, 9.17) is 9.47 Å². The molecule has 0 saturated heterocycles. The van der Waals surface area contributed by atoms with Gasteiger partial charge in [-0.05, 0) is 37.1 Å². The van der Waals surface area contributed by atoms with Crippen LogP contribution in [0.15, 0.2) is 42.5 Å². The lowest BCUT2D eigenvalue weighted by atomic mass is 10.0.